The molecule has 0 aliphatic heterocycles. The molecule has 0 spiro atoms. The van der Waals surface area contributed by atoms with Crippen LogP contribution < -0.4 is 0 Å². The van der Waals surface area contributed by atoms with Gasteiger partial charge in [0, 0.05) is 6.61 Å². The van der Waals surface area contributed by atoms with Gasteiger partial charge in [0.1, 0.15) is 0 Å². The molecule has 2 nitrogen and oxygen atoms in total. The molecule has 0 aromatic heterocycles. The van der Waals surface area contributed by atoms with Gasteiger partial charge in [-0.3, -0.25) is 0 Å². The van der Waals surface area contributed by atoms with E-state index >= 15 is 0 Å². The summed E-state index contributed by atoms with van der Waals surface area (Å²) in [6, 6.07) is 0. The summed E-state index contributed by atoms with van der Waals surface area (Å²) in [5.41, 5.74) is 1.41. The van der Waals surface area contributed by atoms with Crippen molar-refractivity contribution in [3.8, 4) is 0 Å². The molecule has 0 aliphatic rings. The third-order valence-corrected chi connectivity index (χ3v) is 2.17. The van der Waals surface area contributed by atoms with E-state index < -0.39 is 0 Å². The molecular weight excluding hydrogens is 272 g/mol. The highest BCUT2D eigenvalue weighted by atomic mass is 16.3. The molecule has 0 heterocycles. The lowest BCUT2D eigenvalue weighted by Crippen LogP contribution is -1.78. The Morgan fingerprint density at radius 2 is 1.41 bits per heavy atom. The number of rotatable bonds is 7. The molecular formula is C20H42O2. The van der Waals surface area contributed by atoms with E-state index in [0.29, 0.717) is 6.61 Å². The zero-order valence-corrected chi connectivity index (χ0v) is 16.1. The van der Waals surface area contributed by atoms with Crippen LogP contribution in [-0.2, 0) is 0 Å². The van der Waals surface area contributed by atoms with Gasteiger partial charge in [-0.15, -0.1) is 6.58 Å². The first-order chi connectivity index (χ1) is 10.5. The molecule has 0 aromatic carbocycles. The topological polar surface area (TPSA) is 40.5 Å². The highest BCUT2D eigenvalue weighted by Gasteiger charge is 1.76. The van der Waals surface area contributed by atoms with Crippen molar-refractivity contribution >= 4 is 0 Å². The van der Waals surface area contributed by atoms with Gasteiger partial charge in [0.15, 0.2) is 0 Å². The van der Waals surface area contributed by atoms with Crippen LogP contribution in [0.25, 0.3) is 0 Å². The van der Waals surface area contributed by atoms with Crippen molar-refractivity contribution in [1.29, 1.82) is 0 Å². The van der Waals surface area contributed by atoms with Crippen molar-refractivity contribution in [1.82, 2.24) is 0 Å². The maximum atomic E-state index is 8.20. The van der Waals surface area contributed by atoms with Gasteiger partial charge in [-0.25, -0.2) is 0 Å². The fraction of sp³-hybridized carbons (Fsp3) is 0.700. The Kier molecular flexibility index (Phi) is 49.0. The second-order valence-corrected chi connectivity index (χ2v) is 4.88. The van der Waals surface area contributed by atoms with Crippen LogP contribution in [0, 0.1) is 0 Å². The lowest BCUT2D eigenvalue weighted by molar-refractivity contribution is 0.284. The second-order valence-electron chi connectivity index (χ2n) is 4.88. The van der Waals surface area contributed by atoms with Gasteiger partial charge in [0.2, 0.25) is 0 Å². The van der Waals surface area contributed by atoms with E-state index in [1.165, 1.54) is 18.4 Å². The van der Waals surface area contributed by atoms with E-state index in [9.17, 15) is 0 Å². The lowest BCUT2D eigenvalue weighted by Gasteiger charge is -1.85. The molecule has 0 aromatic rings. The van der Waals surface area contributed by atoms with Crippen molar-refractivity contribution in [3.63, 3.8) is 0 Å². The number of aliphatic hydroxyl groups is 2. The summed E-state index contributed by atoms with van der Waals surface area (Å²) in [4.78, 5) is 0. The number of hydrogen-bond acceptors (Lipinski definition) is 2. The van der Waals surface area contributed by atoms with E-state index in [4.69, 9.17) is 10.2 Å². The first kappa shape index (κ1) is 29.2. The van der Waals surface area contributed by atoms with Gasteiger partial charge in [-0.1, -0.05) is 70.4 Å². The van der Waals surface area contributed by atoms with E-state index in [0.717, 1.165) is 25.7 Å². The van der Waals surface area contributed by atoms with Crippen molar-refractivity contribution < 1.29 is 10.2 Å². The molecule has 0 amide bonds. The predicted molar refractivity (Wildman–Crippen MR) is 103 cm³/mol. The minimum atomic E-state index is 0.174. The molecule has 0 rings (SSSR count). The SMILES string of the molecule is C=CCC.CC/C=C\CO.CCC=C(C)C.CCCCCO. The highest BCUT2D eigenvalue weighted by molar-refractivity contribution is 4.91. The molecule has 22 heavy (non-hydrogen) atoms. The fourth-order valence-electron chi connectivity index (χ4n) is 1.01. The van der Waals surface area contributed by atoms with Gasteiger partial charge in [0.05, 0.1) is 6.61 Å². The van der Waals surface area contributed by atoms with Crippen LogP contribution in [0.4, 0.5) is 0 Å². The molecule has 0 fully saturated rings. The van der Waals surface area contributed by atoms with E-state index in [1.54, 1.807) is 6.08 Å². The zero-order chi connectivity index (χ0) is 18.1. The quantitative estimate of drug-likeness (QED) is 0.443. The Balaban J connectivity index is -0.0000000994. The van der Waals surface area contributed by atoms with Gasteiger partial charge < -0.3 is 10.2 Å². The normalized spacial score (nSPS) is 8.55. The summed E-state index contributed by atoms with van der Waals surface area (Å²) in [5.74, 6) is 0. The van der Waals surface area contributed by atoms with Crippen molar-refractivity contribution in [2.24, 2.45) is 0 Å². The highest BCUT2D eigenvalue weighted by Crippen LogP contribution is 1.89. The first-order valence-electron chi connectivity index (χ1n) is 8.62. The van der Waals surface area contributed by atoms with Crippen LogP contribution in [0.3, 0.4) is 0 Å². The minimum Gasteiger partial charge on any atom is -0.396 e. The van der Waals surface area contributed by atoms with Crippen LogP contribution in [0.2, 0.25) is 0 Å². The van der Waals surface area contributed by atoms with Crippen molar-refractivity contribution in [2.75, 3.05) is 13.2 Å². The second kappa shape index (κ2) is 36.9. The van der Waals surface area contributed by atoms with Crippen LogP contribution in [0.15, 0.2) is 36.5 Å². The molecule has 0 bridgehead atoms. The van der Waals surface area contributed by atoms with Gasteiger partial charge in [-0.05, 0) is 39.5 Å². The summed E-state index contributed by atoms with van der Waals surface area (Å²) in [6.07, 6.45) is 14.3. The fourth-order valence-corrected chi connectivity index (χ4v) is 1.01. The van der Waals surface area contributed by atoms with Crippen molar-refractivity contribution in [2.45, 2.75) is 80.1 Å². The van der Waals surface area contributed by atoms with Crippen molar-refractivity contribution in [3.05, 3.63) is 36.5 Å². The molecule has 2 heteroatoms. The molecule has 0 saturated heterocycles. The Morgan fingerprint density at radius 1 is 0.864 bits per heavy atom. The zero-order valence-electron chi connectivity index (χ0n) is 16.1. The first-order valence-corrected chi connectivity index (χ1v) is 8.62. The Hall–Kier alpha value is -0.860. The smallest absolute Gasteiger partial charge is 0.0612 e. The molecule has 0 unspecified atom stereocenters. The maximum absolute atomic E-state index is 8.20. The molecule has 0 aliphatic carbocycles. The molecule has 2 N–H and O–H groups in total. The summed E-state index contributed by atoms with van der Waals surface area (Å²) in [7, 11) is 0. The van der Waals surface area contributed by atoms with Crippen LogP contribution >= 0.6 is 0 Å². The lowest BCUT2D eigenvalue weighted by atomic mass is 10.3. The van der Waals surface area contributed by atoms with E-state index in [2.05, 4.69) is 47.3 Å². The minimum absolute atomic E-state index is 0.174. The summed E-state index contributed by atoms with van der Waals surface area (Å²) in [6.45, 7) is 16.6. The summed E-state index contributed by atoms with van der Waals surface area (Å²) < 4.78 is 0. The number of aliphatic hydroxyl groups excluding tert-OH is 2. The Bertz CT molecular complexity index is 204. The molecule has 134 valence electrons. The van der Waals surface area contributed by atoms with Crippen LogP contribution in [0.1, 0.15) is 80.1 Å². The average molecular weight is 315 g/mol. The van der Waals surface area contributed by atoms with E-state index in [1.807, 2.05) is 19.1 Å². The molecule has 0 radical (unpaired) electrons. The molecule has 0 saturated carbocycles. The number of hydrogen-bond donors (Lipinski definition) is 2. The molecule has 0 atom stereocenters. The largest absolute Gasteiger partial charge is 0.396 e. The Labute approximate surface area is 140 Å². The summed E-state index contributed by atoms with van der Waals surface area (Å²) >= 11 is 0. The third-order valence-electron chi connectivity index (χ3n) is 2.17. The van der Waals surface area contributed by atoms with Gasteiger partial charge >= 0.3 is 0 Å². The summed E-state index contributed by atoms with van der Waals surface area (Å²) in [5, 5.41) is 16.3. The predicted octanol–water partition coefficient (Wildman–Crippen LogP) is 6.06. The number of unbranched alkanes of at least 4 members (excludes halogenated alkanes) is 2. The average Bonchev–Trinajstić information content (AvgIpc) is 2.52. The Morgan fingerprint density at radius 3 is 1.50 bits per heavy atom. The monoisotopic (exact) mass is 314 g/mol. The van der Waals surface area contributed by atoms with E-state index in [-0.39, 0.29) is 6.61 Å². The number of allylic oxidation sites excluding steroid dienone is 4. The maximum Gasteiger partial charge on any atom is 0.0612 e. The van der Waals surface area contributed by atoms with Gasteiger partial charge in [0.25, 0.3) is 0 Å². The van der Waals surface area contributed by atoms with Crippen LogP contribution in [-0.4, -0.2) is 23.4 Å². The van der Waals surface area contributed by atoms with Gasteiger partial charge in [-0.2, -0.15) is 0 Å². The standard InChI is InChI=1S/C6H12.C5H12O.C5H10O.C4H8/c1-4-5-6(2)3;2*1-2-3-4-5-6;1-3-4-2/h5H,4H2,1-3H3;6H,2-5H2,1H3;3-4,6H,2,5H2,1H3;3H,1,4H2,2H3/b;;4-3-;. The third kappa shape index (κ3) is 75.4. The van der Waals surface area contributed by atoms with Crippen LogP contribution in [0.5, 0.6) is 0 Å².